The summed E-state index contributed by atoms with van der Waals surface area (Å²) in [5.41, 5.74) is 4.91. The Labute approximate surface area is 198 Å². The summed E-state index contributed by atoms with van der Waals surface area (Å²) >= 11 is 0. The highest BCUT2D eigenvalue weighted by molar-refractivity contribution is 6.00. The highest BCUT2D eigenvalue weighted by Crippen LogP contribution is 2.38. The highest BCUT2D eigenvalue weighted by Gasteiger charge is 2.24. The van der Waals surface area contributed by atoms with Gasteiger partial charge in [0.25, 0.3) is 0 Å². The van der Waals surface area contributed by atoms with Crippen LogP contribution in [0.4, 0.5) is 5.82 Å². The summed E-state index contributed by atoms with van der Waals surface area (Å²) in [4.78, 5) is 6.98. The van der Waals surface area contributed by atoms with E-state index in [2.05, 4.69) is 35.0 Å². The Morgan fingerprint density at radius 3 is 2.38 bits per heavy atom. The minimum absolute atomic E-state index is 0.153. The number of ether oxygens (including phenoxy) is 2. The van der Waals surface area contributed by atoms with Crippen molar-refractivity contribution >= 4 is 16.7 Å². The molecule has 1 aliphatic rings. The van der Waals surface area contributed by atoms with Gasteiger partial charge in [0.15, 0.2) is 5.82 Å². The monoisotopic (exact) mass is 451 g/mol. The fourth-order valence-electron chi connectivity index (χ4n) is 4.56. The minimum atomic E-state index is 0.153. The number of anilines is 1. The Bertz CT molecular complexity index is 1350. The molecule has 4 aromatic rings. The zero-order valence-electron chi connectivity index (χ0n) is 19.4. The van der Waals surface area contributed by atoms with Gasteiger partial charge in [-0.2, -0.15) is 5.26 Å². The third-order valence-electron chi connectivity index (χ3n) is 6.05. The summed E-state index contributed by atoms with van der Waals surface area (Å²) < 4.78 is 11.7. The molecule has 2 aromatic heterocycles. The Morgan fingerprint density at radius 2 is 1.74 bits per heavy atom. The largest absolute Gasteiger partial charge is 0.495 e. The third-order valence-corrected chi connectivity index (χ3v) is 6.05. The number of benzene rings is 2. The van der Waals surface area contributed by atoms with Crippen molar-refractivity contribution in [1.29, 1.82) is 5.26 Å². The highest BCUT2D eigenvalue weighted by atomic mass is 16.5. The van der Waals surface area contributed by atoms with Crippen LogP contribution in [-0.4, -0.2) is 47.6 Å². The molecule has 7 heteroatoms. The zero-order chi connectivity index (χ0) is 23.7. The molecule has 0 radical (unpaired) electrons. The maximum absolute atomic E-state index is 9.09. The Balaban J connectivity index is 1.52. The molecular weight excluding hydrogens is 426 g/mol. The summed E-state index contributed by atoms with van der Waals surface area (Å²) in [5, 5.41) is 19.0. The first-order valence-corrected chi connectivity index (χ1v) is 11.3. The molecule has 0 bridgehead atoms. The maximum Gasteiger partial charge on any atom is 0.151 e. The first-order valence-electron chi connectivity index (χ1n) is 11.3. The van der Waals surface area contributed by atoms with Gasteiger partial charge >= 0.3 is 0 Å². The third kappa shape index (κ3) is 4.04. The Morgan fingerprint density at radius 1 is 0.971 bits per heavy atom. The molecule has 1 fully saturated rings. The van der Waals surface area contributed by atoms with Gasteiger partial charge in [-0.3, -0.25) is 4.98 Å². The van der Waals surface area contributed by atoms with E-state index in [4.69, 9.17) is 19.7 Å². The van der Waals surface area contributed by atoms with Gasteiger partial charge in [0.05, 0.1) is 47.7 Å². The molecular formula is C27H25N5O2. The normalized spacial score (nSPS) is 18.0. The molecule has 3 heterocycles. The number of morpholine rings is 1. The van der Waals surface area contributed by atoms with Crippen LogP contribution in [0.15, 0.2) is 60.8 Å². The molecule has 0 N–H and O–H groups in total. The van der Waals surface area contributed by atoms with Crippen LogP contribution in [0.3, 0.4) is 0 Å². The lowest BCUT2D eigenvalue weighted by Gasteiger charge is -2.35. The average Bonchev–Trinajstić information content (AvgIpc) is 2.87. The van der Waals surface area contributed by atoms with Gasteiger partial charge in [-0.05, 0) is 49.7 Å². The summed E-state index contributed by atoms with van der Waals surface area (Å²) in [7, 11) is 1.66. The van der Waals surface area contributed by atoms with Crippen LogP contribution in [0, 0.1) is 11.3 Å². The number of hydrogen-bond acceptors (Lipinski definition) is 7. The Kier molecular flexibility index (Phi) is 5.83. The number of nitrogens with zero attached hydrogens (tertiary/aromatic N) is 5. The summed E-state index contributed by atoms with van der Waals surface area (Å²) in [6.45, 7) is 5.72. The number of rotatable bonds is 4. The molecule has 34 heavy (non-hydrogen) atoms. The number of pyridine rings is 1. The van der Waals surface area contributed by atoms with Crippen molar-refractivity contribution in [1.82, 2.24) is 15.2 Å². The molecule has 0 aliphatic carbocycles. The van der Waals surface area contributed by atoms with E-state index in [1.54, 1.807) is 13.3 Å². The second-order valence-corrected chi connectivity index (χ2v) is 8.54. The summed E-state index contributed by atoms with van der Waals surface area (Å²) in [6, 6.07) is 19.6. The number of methoxy groups -OCH3 is 1. The lowest BCUT2D eigenvalue weighted by Crippen LogP contribution is -2.45. The van der Waals surface area contributed by atoms with E-state index in [-0.39, 0.29) is 12.2 Å². The van der Waals surface area contributed by atoms with Gasteiger partial charge < -0.3 is 14.4 Å². The number of para-hydroxylation sites is 1. The molecule has 7 nitrogen and oxygen atoms in total. The van der Waals surface area contributed by atoms with Crippen molar-refractivity contribution in [3.05, 3.63) is 66.4 Å². The maximum atomic E-state index is 9.09. The molecule has 0 spiro atoms. The van der Waals surface area contributed by atoms with Gasteiger partial charge in [-0.25, -0.2) is 0 Å². The predicted octanol–water partition coefficient (Wildman–Crippen LogP) is 4.85. The van der Waals surface area contributed by atoms with E-state index in [1.165, 1.54) is 0 Å². The standard InChI is InChI=1S/C27H25N5O2/c1-17-15-32(16-18(2)34-17)25-12-11-24(30-31-25)23-14-29-26-21(5-4-6-22(26)27(23)33-3)20-9-7-19(13-28)8-10-20/h4-12,14,17-18H,15-16H2,1-3H3/t17-,18+. The molecule has 2 atom stereocenters. The van der Waals surface area contributed by atoms with E-state index >= 15 is 0 Å². The Hall–Kier alpha value is -4.02. The second kappa shape index (κ2) is 9.08. The summed E-state index contributed by atoms with van der Waals surface area (Å²) in [5.74, 6) is 1.54. The predicted molar refractivity (Wildman–Crippen MR) is 132 cm³/mol. The number of fused-ring (bicyclic) bond motifs is 1. The number of aromatic nitrogens is 3. The first kappa shape index (κ1) is 21.8. The summed E-state index contributed by atoms with van der Waals surface area (Å²) in [6.07, 6.45) is 2.09. The molecule has 170 valence electrons. The van der Waals surface area contributed by atoms with E-state index < -0.39 is 0 Å². The van der Waals surface area contributed by atoms with Crippen molar-refractivity contribution in [2.24, 2.45) is 0 Å². The number of nitriles is 1. The van der Waals surface area contributed by atoms with Gasteiger partial charge in [0, 0.05) is 30.2 Å². The first-order chi connectivity index (χ1) is 16.6. The molecule has 0 saturated carbocycles. The van der Waals surface area contributed by atoms with Crippen molar-refractivity contribution in [3.63, 3.8) is 0 Å². The van der Waals surface area contributed by atoms with Crippen molar-refractivity contribution in [2.75, 3.05) is 25.1 Å². The number of hydrogen-bond donors (Lipinski definition) is 0. The lowest BCUT2D eigenvalue weighted by molar-refractivity contribution is -0.00550. The van der Waals surface area contributed by atoms with Crippen LogP contribution in [-0.2, 0) is 4.74 Å². The molecule has 2 aromatic carbocycles. The smallest absolute Gasteiger partial charge is 0.151 e. The molecule has 0 unspecified atom stereocenters. The fourth-order valence-corrected chi connectivity index (χ4v) is 4.56. The minimum Gasteiger partial charge on any atom is -0.495 e. The van der Waals surface area contributed by atoms with E-state index in [0.29, 0.717) is 17.0 Å². The zero-order valence-corrected chi connectivity index (χ0v) is 19.4. The van der Waals surface area contributed by atoms with Gasteiger partial charge in [-0.1, -0.05) is 24.3 Å². The fraction of sp³-hybridized carbons (Fsp3) is 0.259. The van der Waals surface area contributed by atoms with E-state index in [0.717, 1.165) is 46.5 Å². The van der Waals surface area contributed by atoms with Crippen molar-refractivity contribution < 1.29 is 9.47 Å². The molecule has 0 amide bonds. The van der Waals surface area contributed by atoms with Crippen LogP contribution >= 0.6 is 0 Å². The quantitative estimate of drug-likeness (QED) is 0.438. The molecule has 1 saturated heterocycles. The molecule has 5 rings (SSSR count). The SMILES string of the molecule is COc1c(-c2ccc(N3C[C@@H](C)O[C@@H](C)C3)nn2)cnc2c(-c3ccc(C#N)cc3)cccc12. The second-order valence-electron chi connectivity index (χ2n) is 8.54. The van der Waals surface area contributed by atoms with Crippen molar-refractivity contribution in [3.8, 4) is 34.2 Å². The van der Waals surface area contributed by atoms with Gasteiger partial charge in [0.2, 0.25) is 0 Å². The average molecular weight is 452 g/mol. The van der Waals surface area contributed by atoms with Crippen LogP contribution in [0.2, 0.25) is 0 Å². The molecule has 1 aliphatic heterocycles. The lowest BCUT2D eigenvalue weighted by atomic mass is 9.99. The van der Waals surface area contributed by atoms with Gasteiger partial charge in [-0.15, -0.1) is 10.2 Å². The van der Waals surface area contributed by atoms with E-state index in [1.807, 2.05) is 54.6 Å². The van der Waals surface area contributed by atoms with Crippen LogP contribution in [0.1, 0.15) is 19.4 Å². The van der Waals surface area contributed by atoms with Crippen molar-refractivity contribution in [2.45, 2.75) is 26.1 Å². The van der Waals surface area contributed by atoms with Crippen LogP contribution in [0.5, 0.6) is 5.75 Å². The topological polar surface area (TPSA) is 84.2 Å². The van der Waals surface area contributed by atoms with Gasteiger partial charge in [0.1, 0.15) is 5.75 Å². The van der Waals surface area contributed by atoms with E-state index in [9.17, 15) is 0 Å². The van der Waals surface area contributed by atoms with Crippen LogP contribution < -0.4 is 9.64 Å². The van der Waals surface area contributed by atoms with Crippen LogP contribution in [0.25, 0.3) is 33.3 Å².